The molecule has 1 aromatic rings. The molecular formula is C17H23F2N3O3. The fourth-order valence-corrected chi connectivity index (χ4v) is 2.65. The number of rotatable bonds is 6. The molecule has 1 aliphatic rings. The van der Waals surface area contributed by atoms with E-state index in [1.165, 1.54) is 6.07 Å². The molecule has 0 bridgehead atoms. The molecule has 0 aliphatic carbocycles. The van der Waals surface area contributed by atoms with Crippen molar-refractivity contribution in [1.82, 2.24) is 10.2 Å². The lowest BCUT2D eigenvalue weighted by Gasteiger charge is -2.31. The first-order valence-electron chi connectivity index (χ1n) is 8.39. The van der Waals surface area contributed by atoms with Gasteiger partial charge in [0.1, 0.15) is 0 Å². The van der Waals surface area contributed by atoms with Crippen molar-refractivity contribution < 1.29 is 23.1 Å². The summed E-state index contributed by atoms with van der Waals surface area (Å²) < 4.78 is 30.9. The van der Waals surface area contributed by atoms with Crippen molar-refractivity contribution in [3.05, 3.63) is 29.8 Å². The van der Waals surface area contributed by atoms with Crippen molar-refractivity contribution in [3.63, 3.8) is 0 Å². The molecule has 0 saturated carbocycles. The van der Waals surface area contributed by atoms with Crippen LogP contribution in [-0.2, 0) is 9.53 Å². The fraction of sp³-hybridized carbons (Fsp3) is 0.529. The molecule has 2 rings (SSSR count). The van der Waals surface area contributed by atoms with Gasteiger partial charge < -0.3 is 20.3 Å². The Morgan fingerprint density at radius 2 is 1.96 bits per heavy atom. The molecule has 2 N–H and O–H groups in total. The molecule has 6 nitrogen and oxygen atoms in total. The van der Waals surface area contributed by atoms with E-state index in [0.29, 0.717) is 44.8 Å². The molecule has 1 heterocycles. The Kier molecular flexibility index (Phi) is 6.97. The molecule has 0 atom stereocenters. The van der Waals surface area contributed by atoms with E-state index in [1.54, 1.807) is 11.8 Å². The molecule has 0 radical (unpaired) electrons. The average Bonchev–Trinajstić information content (AvgIpc) is 2.59. The molecule has 1 aliphatic heterocycles. The summed E-state index contributed by atoms with van der Waals surface area (Å²) in [5.41, 5.74) is 0.425. The fourth-order valence-electron chi connectivity index (χ4n) is 2.65. The first-order chi connectivity index (χ1) is 12.0. The van der Waals surface area contributed by atoms with Crippen LogP contribution in [-0.4, -0.2) is 49.2 Å². The van der Waals surface area contributed by atoms with Crippen LogP contribution in [0.2, 0.25) is 0 Å². The summed E-state index contributed by atoms with van der Waals surface area (Å²) in [7, 11) is 0. The number of amides is 2. The monoisotopic (exact) mass is 355 g/mol. The van der Waals surface area contributed by atoms with E-state index in [9.17, 15) is 18.4 Å². The minimum atomic E-state index is -0.928. The van der Waals surface area contributed by atoms with E-state index < -0.39 is 11.6 Å². The second-order valence-corrected chi connectivity index (χ2v) is 5.83. The van der Waals surface area contributed by atoms with E-state index in [1.807, 2.05) is 0 Å². The largest absolute Gasteiger partial charge is 0.450 e. The molecule has 25 heavy (non-hydrogen) atoms. The van der Waals surface area contributed by atoms with Gasteiger partial charge in [-0.25, -0.2) is 13.6 Å². The predicted molar refractivity (Wildman–Crippen MR) is 89.2 cm³/mol. The highest BCUT2D eigenvalue weighted by Gasteiger charge is 2.24. The number of likely N-dealkylation sites (tertiary alicyclic amines) is 1. The third kappa shape index (κ3) is 5.88. The van der Waals surface area contributed by atoms with Gasteiger partial charge in [0.15, 0.2) is 11.6 Å². The second-order valence-electron chi connectivity index (χ2n) is 5.83. The third-order valence-corrected chi connectivity index (χ3v) is 3.99. The predicted octanol–water partition coefficient (Wildman–Crippen LogP) is 2.50. The van der Waals surface area contributed by atoms with E-state index in [2.05, 4.69) is 10.6 Å². The number of piperidine rings is 1. The Balaban J connectivity index is 1.66. The molecule has 0 aromatic heterocycles. The van der Waals surface area contributed by atoms with Crippen LogP contribution in [0.3, 0.4) is 0 Å². The molecule has 1 fully saturated rings. The highest BCUT2D eigenvalue weighted by Crippen LogP contribution is 2.14. The van der Waals surface area contributed by atoms with E-state index in [0.717, 1.165) is 12.1 Å². The summed E-state index contributed by atoms with van der Waals surface area (Å²) in [5, 5.41) is 5.81. The van der Waals surface area contributed by atoms with Gasteiger partial charge >= 0.3 is 6.09 Å². The number of carbonyl (C=O) groups excluding carboxylic acids is 2. The number of halogens is 2. The maximum atomic E-state index is 13.1. The quantitative estimate of drug-likeness (QED) is 0.823. The van der Waals surface area contributed by atoms with E-state index in [-0.39, 0.29) is 24.5 Å². The highest BCUT2D eigenvalue weighted by atomic mass is 19.2. The van der Waals surface area contributed by atoms with Crippen LogP contribution >= 0.6 is 0 Å². The summed E-state index contributed by atoms with van der Waals surface area (Å²) in [6, 6.07) is 3.54. The summed E-state index contributed by atoms with van der Waals surface area (Å²) in [6.07, 6.45) is 1.27. The average molecular weight is 355 g/mol. The third-order valence-electron chi connectivity index (χ3n) is 3.99. The lowest BCUT2D eigenvalue weighted by Crippen LogP contribution is -2.46. The van der Waals surface area contributed by atoms with Gasteiger partial charge in [-0.2, -0.15) is 0 Å². The number of nitrogens with zero attached hydrogens (tertiary/aromatic N) is 1. The number of ether oxygens (including phenoxy) is 1. The molecule has 1 saturated heterocycles. The van der Waals surface area contributed by atoms with Gasteiger partial charge in [0, 0.05) is 37.8 Å². The number of benzene rings is 1. The Morgan fingerprint density at radius 1 is 1.24 bits per heavy atom. The van der Waals surface area contributed by atoms with Crippen LogP contribution < -0.4 is 10.6 Å². The first kappa shape index (κ1) is 19.0. The van der Waals surface area contributed by atoms with Crippen molar-refractivity contribution in [2.24, 2.45) is 0 Å². The maximum Gasteiger partial charge on any atom is 0.409 e. The SMILES string of the molecule is CCOC(=O)N1CCC(NC(=O)CCNc2ccc(F)c(F)c2)CC1. The summed E-state index contributed by atoms with van der Waals surface area (Å²) >= 11 is 0. The summed E-state index contributed by atoms with van der Waals surface area (Å²) in [5.74, 6) is -1.95. The normalized spacial score (nSPS) is 14.9. The molecule has 138 valence electrons. The summed E-state index contributed by atoms with van der Waals surface area (Å²) in [6.45, 7) is 3.53. The Morgan fingerprint density at radius 3 is 2.60 bits per heavy atom. The van der Waals surface area contributed by atoms with Gasteiger partial charge in [0.05, 0.1) is 6.61 Å². The van der Waals surface area contributed by atoms with Crippen LogP contribution in [0.1, 0.15) is 26.2 Å². The van der Waals surface area contributed by atoms with Crippen LogP contribution in [0.4, 0.5) is 19.3 Å². The smallest absolute Gasteiger partial charge is 0.409 e. The van der Waals surface area contributed by atoms with Gasteiger partial charge in [-0.1, -0.05) is 0 Å². The molecule has 0 spiro atoms. The molecule has 1 aromatic carbocycles. The van der Waals surface area contributed by atoms with E-state index in [4.69, 9.17) is 4.74 Å². The number of nitrogens with one attached hydrogen (secondary N) is 2. The zero-order valence-corrected chi connectivity index (χ0v) is 14.2. The lowest BCUT2D eigenvalue weighted by atomic mass is 10.1. The first-order valence-corrected chi connectivity index (χ1v) is 8.39. The number of carbonyl (C=O) groups is 2. The van der Waals surface area contributed by atoms with E-state index >= 15 is 0 Å². The number of hydrogen-bond acceptors (Lipinski definition) is 4. The number of anilines is 1. The maximum absolute atomic E-state index is 13.1. The zero-order valence-electron chi connectivity index (χ0n) is 14.2. The summed E-state index contributed by atoms with van der Waals surface area (Å²) in [4.78, 5) is 25.2. The molecule has 8 heteroatoms. The van der Waals surface area contributed by atoms with Gasteiger partial charge in [-0.15, -0.1) is 0 Å². The standard InChI is InChI=1S/C17H23F2N3O3/c1-2-25-17(24)22-9-6-12(7-10-22)21-16(23)5-8-20-13-3-4-14(18)15(19)11-13/h3-4,11-12,20H,2,5-10H2,1H3,(H,21,23). The molecule has 2 amide bonds. The minimum Gasteiger partial charge on any atom is -0.450 e. The topological polar surface area (TPSA) is 70.7 Å². The van der Waals surface area contributed by atoms with Crippen molar-refractivity contribution >= 4 is 17.7 Å². The molecule has 0 unspecified atom stereocenters. The van der Waals surface area contributed by atoms with Crippen LogP contribution in [0.25, 0.3) is 0 Å². The van der Waals surface area contributed by atoms with Gasteiger partial charge in [-0.05, 0) is 38.0 Å². The van der Waals surface area contributed by atoms with Crippen LogP contribution in [0, 0.1) is 11.6 Å². The second kappa shape index (κ2) is 9.19. The highest BCUT2D eigenvalue weighted by molar-refractivity contribution is 5.77. The lowest BCUT2D eigenvalue weighted by molar-refractivity contribution is -0.121. The zero-order chi connectivity index (χ0) is 18.2. The Labute approximate surface area is 145 Å². The van der Waals surface area contributed by atoms with Crippen molar-refractivity contribution in [3.8, 4) is 0 Å². The van der Waals surface area contributed by atoms with Crippen molar-refractivity contribution in [2.45, 2.75) is 32.2 Å². The number of hydrogen-bond donors (Lipinski definition) is 2. The Bertz CT molecular complexity index is 605. The van der Waals surface area contributed by atoms with Gasteiger partial charge in [-0.3, -0.25) is 4.79 Å². The van der Waals surface area contributed by atoms with Gasteiger partial charge in [0.25, 0.3) is 0 Å². The van der Waals surface area contributed by atoms with Crippen LogP contribution in [0.15, 0.2) is 18.2 Å². The molecular weight excluding hydrogens is 332 g/mol. The van der Waals surface area contributed by atoms with Crippen molar-refractivity contribution in [2.75, 3.05) is 31.6 Å². The Hall–Kier alpha value is -2.38. The minimum absolute atomic E-state index is 0.0291. The van der Waals surface area contributed by atoms with Gasteiger partial charge in [0.2, 0.25) is 5.91 Å². The van der Waals surface area contributed by atoms with Crippen LogP contribution in [0.5, 0.6) is 0 Å². The van der Waals surface area contributed by atoms with Crippen molar-refractivity contribution in [1.29, 1.82) is 0 Å².